The van der Waals surface area contributed by atoms with Gasteiger partial charge in [-0.1, -0.05) is 24.3 Å². The summed E-state index contributed by atoms with van der Waals surface area (Å²) < 4.78 is 1.69. The van der Waals surface area contributed by atoms with Gasteiger partial charge in [0.25, 0.3) is 0 Å². The minimum Gasteiger partial charge on any atom is -0.368 e. The van der Waals surface area contributed by atoms with E-state index in [-0.39, 0.29) is 0 Å². The second-order valence-corrected chi connectivity index (χ2v) is 5.38. The van der Waals surface area contributed by atoms with Gasteiger partial charge in [0, 0.05) is 30.5 Å². The fourth-order valence-electron chi connectivity index (χ4n) is 2.65. The second-order valence-electron chi connectivity index (χ2n) is 5.38. The molecule has 1 N–H and O–H groups in total. The topological polar surface area (TPSA) is 68.5 Å². The van der Waals surface area contributed by atoms with Gasteiger partial charge in [-0.25, -0.2) is 9.67 Å². The van der Waals surface area contributed by atoms with Crippen molar-refractivity contribution in [3.05, 3.63) is 72.9 Å². The number of fused-ring (bicyclic) bond motifs is 1. The summed E-state index contributed by atoms with van der Waals surface area (Å²) in [5.74, 6) is 1.42. The van der Waals surface area contributed by atoms with Crippen LogP contribution in [-0.4, -0.2) is 31.3 Å². The number of para-hydroxylation sites is 1. The Morgan fingerprint density at radius 1 is 1.00 bits per heavy atom. The van der Waals surface area contributed by atoms with Crippen molar-refractivity contribution >= 4 is 16.7 Å². The van der Waals surface area contributed by atoms with Crippen LogP contribution >= 0.6 is 0 Å². The zero-order chi connectivity index (χ0) is 16.2. The standard InChI is InChI=1S/C18H16N6/c1-4-14-6-2-8-21-18(14)15(5-1)7-10-20-16-12-19-13-17(23-16)24-11-3-9-22-24/h1-6,8-9,11-13H,7,10H2,(H,20,23). The molecule has 0 bridgehead atoms. The van der Waals surface area contributed by atoms with E-state index >= 15 is 0 Å². The number of pyridine rings is 1. The lowest BCUT2D eigenvalue weighted by Crippen LogP contribution is -2.09. The van der Waals surface area contributed by atoms with Crippen LogP contribution in [-0.2, 0) is 6.42 Å². The highest BCUT2D eigenvalue weighted by Crippen LogP contribution is 2.16. The van der Waals surface area contributed by atoms with Crippen LogP contribution in [0.5, 0.6) is 0 Å². The molecule has 1 aromatic carbocycles. The van der Waals surface area contributed by atoms with E-state index in [0.29, 0.717) is 5.82 Å². The monoisotopic (exact) mass is 316 g/mol. The van der Waals surface area contributed by atoms with Crippen molar-refractivity contribution < 1.29 is 0 Å². The molecule has 3 heterocycles. The van der Waals surface area contributed by atoms with Crippen LogP contribution in [0.2, 0.25) is 0 Å². The molecule has 0 amide bonds. The molecule has 0 saturated heterocycles. The maximum absolute atomic E-state index is 4.52. The van der Waals surface area contributed by atoms with Crippen molar-refractivity contribution in [3.8, 4) is 5.82 Å². The first-order valence-corrected chi connectivity index (χ1v) is 7.79. The van der Waals surface area contributed by atoms with E-state index in [1.54, 1.807) is 23.3 Å². The summed E-state index contributed by atoms with van der Waals surface area (Å²) in [6.07, 6.45) is 9.66. The zero-order valence-electron chi connectivity index (χ0n) is 13.0. The molecular weight excluding hydrogens is 300 g/mol. The van der Waals surface area contributed by atoms with Gasteiger partial charge in [0.1, 0.15) is 5.82 Å². The number of aromatic nitrogens is 5. The predicted octanol–water partition coefficient (Wildman–Crippen LogP) is 2.87. The summed E-state index contributed by atoms with van der Waals surface area (Å²) in [4.78, 5) is 13.2. The minimum atomic E-state index is 0.692. The summed E-state index contributed by atoms with van der Waals surface area (Å²) in [5.41, 5.74) is 2.27. The minimum absolute atomic E-state index is 0.692. The smallest absolute Gasteiger partial charge is 0.173 e. The third-order valence-corrected chi connectivity index (χ3v) is 3.78. The van der Waals surface area contributed by atoms with Crippen molar-refractivity contribution in [1.82, 2.24) is 24.7 Å². The van der Waals surface area contributed by atoms with Crippen LogP contribution in [0.4, 0.5) is 5.82 Å². The van der Waals surface area contributed by atoms with E-state index in [0.717, 1.165) is 29.7 Å². The zero-order valence-corrected chi connectivity index (χ0v) is 13.0. The van der Waals surface area contributed by atoms with Gasteiger partial charge >= 0.3 is 0 Å². The van der Waals surface area contributed by atoms with E-state index in [1.165, 1.54) is 5.56 Å². The SMILES string of the molecule is c1cnc2c(CCNc3cncc(-n4cccn4)n3)cccc2c1. The lowest BCUT2D eigenvalue weighted by Gasteiger charge is -2.08. The lowest BCUT2D eigenvalue weighted by atomic mass is 10.1. The highest BCUT2D eigenvalue weighted by atomic mass is 15.3. The molecule has 0 unspecified atom stereocenters. The van der Waals surface area contributed by atoms with E-state index < -0.39 is 0 Å². The van der Waals surface area contributed by atoms with E-state index in [9.17, 15) is 0 Å². The highest BCUT2D eigenvalue weighted by molar-refractivity contribution is 5.81. The Bertz CT molecular complexity index is 943. The molecule has 3 aromatic heterocycles. The van der Waals surface area contributed by atoms with Gasteiger partial charge in [0.05, 0.1) is 17.9 Å². The Labute approximate surface area is 139 Å². The van der Waals surface area contributed by atoms with E-state index in [2.05, 4.69) is 49.6 Å². The van der Waals surface area contributed by atoms with Crippen LogP contribution in [0.25, 0.3) is 16.7 Å². The molecule has 0 radical (unpaired) electrons. The number of benzene rings is 1. The Kier molecular flexibility index (Phi) is 3.85. The lowest BCUT2D eigenvalue weighted by molar-refractivity contribution is 0.836. The van der Waals surface area contributed by atoms with Crippen LogP contribution < -0.4 is 5.32 Å². The molecule has 0 saturated carbocycles. The van der Waals surface area contributed by atoms with Gasteiger partial charge < -0.3 is 5.32 Å². The fourth-order valence-corrected chi connectivity index (χ4v) is 2.65. The average molecular weight is 316 g/mol. The molecule has 0 spiro atoms. The van der Waals surface area contributed by atoms with Gasteiger partial charge in [-0.3, -0.25) is 9.97 Å². The maximum atomic E-state index is 4.52. The Hall–Kier alpha value is -3.28. The van der Waals surface area contributed by atoms with Crippen molar-refractivity contribution in [2.75, 3.05) is 11.9 Å². The van der Waals surface area contributed by atoms with Gasteiger partial charge in [0.15, 0.2) is 5.82 Å². The van der Waals surface area contributed by atoms with E-state index in [4.69, 9.17) is 0 Å². The molecule has 6 nitrogen and oxygen atoms in total. The molecule has 4 aromatic rings. The van der Waals surface area contributed by atoms with Crippen LogP contribution in [0.15, 0.2) is 67.4 Å². The molecular formula is C18H16N6. The first-order chi connectivity index (χ1) is 11.9. The second kappa shape index (κ2) is 6.45. The molecule has 0 aliphatic rings. The Morgan fingerprint density at radius 2 is 1.96 bits per heavy atom. The third-order valence-electron chi connectivity index (χ3n) is 3.78. The van der Waals surface area contributed by atoms with E-state index in [1.807, 2.05) is 24.5 Å². The summed E-state index contributed by atoms with van der Waals surface area (Å²) in [5, 5.41) is 8.65. The molecule has 0 aliphatic carbocycles. The summed E-state index contributed by atoms with van der Waals surface area (Å²) in [6.45, 7) is 0.757. The number of anilines is 1. The maximum Gasteiger partial charge on any atom is 0.173 e. The summed E-state index contributed by atoms with van der Waals surface area (Å²) in [7, 11) is 0. The average Bonchev–Trinajstić information content (AvgIpc) is 3.17. The molecule has 0 aliphatic heterocycles. The van der Waals surface area contributed by atoms with Gasteiger partial charge in [-0.15, -0.1) is 0 Å². The number of hydrogen-bond acceptors (Lipinski definition) is 5. The number of nitrogens with one attached hydrogen (secondary N) is 1. The van der Waals surface area contributed by atoms with Gasteiger partial charge in [-0.2, -0.15) is 5.10 Å². The van der Waals surface area contributed by atoms with Crippen LogP contribution in [0, 0.1) is 0 Å². The summed E-state index contributed by atoms with van der Waals surface area (Å²) in [6, 6.07) is 12.2. The molecule has 0 fully saturated rings. The molecule has 6 heteroatoms. The normalized spacial score (nSPS) is 10.8. The van der Waals surface area contributed by atoms with Crippen LogP contribution in [0.3, 0.4) is 0 Å². The fraction of sp³-hybridized carbons (Fsp3) is 0.111. The summed E-state index contributed by atoms with van der Waals surface area (Å²) >= 11 is 0. The Balaban J connectivity index is 1.47. The van der Waals surface area contributed by atoms with Crippen molar-refractivity contribution in [2.45, 2.75) is 6.42 Å². The predicted molar refractivity (Wildman–Crippen MR) is 93.1 cm³/mol. The Morgan fingerprint density at radius 3 is 2.88 bits per heavy atom. The highest BCUT2D eigenvalue weighted by Gasteiger charge is 2.03. The van der Waals surface area contributed by atoms with Crippen molar-refractivity contribution in [1.29, 1.82) is 0 Å². The molecule has 0 atom stereocenters. The number of nitrogens with zero attached hydrogens (tertiary/aromatic N) is 5. The van der Waals surface area contributed by atoms with Crippen LogP contribution in [0.1, 0.15) is 5.56 Å². The number of hydrogen-bond donors (Lipinski definition) is 1. The van der Waals surface area contributed by atoms with Gasteiger partial charge in [0.2, 0.25) is 0 Å². The molecule has 118 valence electrons. The van der Waals surface area contributed by atoms with Crippen molar-refractivity contribution in [2.24, 2.45) is 0 Å². The van der Waals surface area contributed by atoms with Gasteiger partial charge in [-0.05, 0) is 24.1 Å². The molecule has 24 heavy (non-hydrogen) atoms. The first kappa shape index (κ1) is 14.3. The van der Waals surface area contributed by atoms with Crippen molar-refractivity contribution in [3.63, 3.8) is 0 Å². The largest absolute Gasteiger partial charge is 0.368 e. The quantitative estimate of drug-likeness (QED) is 0.613. The number of rotatable bonds is 5. The molecule has 4 rings (SSSR count). The third kappa shape index (κ3) is 2.94. The first-order valence-electron chi connectivity index (χ1n) is 7.79.